The summed E-state index contributed by atoms with van der Waals surface area (Å²) < 4.78 is 5.24. The molecule has 1 heterocycles. The third kappa shape index (κ3) is 3.33. The summed E-state index contributed by atoms with van der Waals surface area (Å²) in [6.45, 7) is 0.575. The molecule has 17 heavy (non-hydrogen) atoms. The first-order chi connectivity index (χ1) is 8.29. The van der Waals surface area contributed by atoms with E-state index in [0.717, 1.165) is 11.3 Å². The fourth-order valence-corrected chi connectivity index (χ4v) is 1.81. The van der Waals surface area contributed by atoms with Gasteiger partial charge in [-0.15, -0.1) is 0 Å². The Labute approximate surface area is 105 Å². The Morgan fingerprint density at radius 1 is 1.18 bits per heavy atom. The molecule has 0 amide bonds. The van der Waals surface area contributed by atoms with Crippen LogP contribution in [0.3, 0.4) is 0 Å². The second kappa shape index (κ2) is 5.87. The van der Waals surface area contributed by atoms with Gasteiger partial charge < -0.3 is 14.8 Å². The van der Waals surface area contributed by atoms with E-state index < -0.39 is 0 Å². The third-order valence-electron chi connectivity index (χ3n) is 2.54. The van der Waals surface area contributed by atoms with Crippen molar-refractivity contribution in [2.24, 2.45) is 0 Å². The van der Waals surface area contributed by atoms with Crippen molar-refractivity contribution >= 4 is 11.6 Å². The molecular weight excluding hydrogens is 238 g/mol. The van der Waals surface area contributed by atoms with Gasteiger partial charge in [0, 0.05) is 0 Å². The minimum atomic E-state index is -0.0972. The van der Waals surface area contributed by atoms with Crippen LogP contribution in [0.1, 0.15) is 17.4 Å². The predicted octanol–water partition coefficient (Wildman–Crippen LogP) is 2.76. The number of aliphatic hydroxyl groups is 1. The van der Waals surface area contributed by atoms with Crippen molar-refractivity contribution in [2.75, 3.05) is 6.61 Å². The smallest absolute Gasteiger partial charge is 0.193 e. The normalized spacial score (nSPS) is 12.6. The highest BCUT2D eigenvalue weighted by Crippen LogP contribution is 2.16. The minimum Gasteiger partial charge on any atom is -0.448 e. The van der Waals surface area contributed by atoms with E-state index in [2.05, 4.69) is 5.32 Å². The quantitative estimate of drug-likeness (QED) is 0.859. The van der Waals surface area contributed by atoms with Gasteiger partial charge in [0.05, 0.1) is 19.2 Å². The van der Waals surface area contributed by atoms with Gasteiger partial charge in [-0.05, 0) is 29.3 Å². The van der Waals surface area contributed by atoms with E-state index in [1.165, 1.54) is 0 Å². The second-order valence-electron chi connectivity index (χ2n) is 3.73. The molecule has 4 heteroatoms. The topological polar surface area (TPSA) is 45.4 Å². The Kier molecular flexibility index (Phi) is 4.20. The van der Waals surface area contributed by atoms with Crippen LogP contribution in [-0.2, 0) is 6.54 Å². The van der Waals surface area contributed by atoms with Crippen molar-refractivity contribution in [1.82, 2.24) is 5.32 Å². The molecule has 2 rings (SSSR count). The Morgan fingerprint density at radius 2 is 1.94 bits per heavy atom. The number of nitrogens with one attached hydrogen (secondary N) is 1. The second-order valence-corrected chi connectivity index (χ2v) is 4.11. The number of furan rings is 1. The molecule has 1 atom stereocenters. The molecule has 0 saturated heterocycles. The van der Waals surface area contributed by atoms with E-state index in [1.54, 1.807) is 6.07 Å². The molecule has 0 aliphatic rings. The van der Waals surface area contributed by atoms with E-state index >= 15 is 0 Å². The molecule has 1 aromatic heterocycles. The van der Waals surface area contributed by atoms with E-state index in [0.29, 0.717) is 11.8 Å². The van der Waals surface area contributed by atoms with Crippen LogP contribution < -0.4 is 5.32 Å². The van der Waals surface area contributed by atoms with E-state index in [1.807, 2.05) is 36.4 Å². The van der Waals surface area contributed by atoms with Gasteiger partial charge in [-0.25, -0.2) is 0 Å². The Morgan fingerprint density at radius 3 is 2.53 bits per heavy atom. The molecule has 0 aliphatic carbocycles. The first-order valence-corrected chi connectivity index (χ1v) is 5.81. The number of halogens is 1. The number of hydrogen-bond donors (Lipinski definition) is 2. The summed E-state index contributed by atoms with van der Waals surface area (Å²) in [6.07, 6.45) is 0. The SMILES string of the molecule is OCC(NCc1ccc(Cl)o1)c1ccccc1. The Bertz CT molecular complexity index is 455. The van der Waals surface area contributed by atoms with Crippen molar-refractivity contribution in [3.8, 4) is 0 Å². The van der Waals surface area contributed by atoms with Crippen molar-refractivity contribution < 1.29 is 9.52 Å². The van der Waals surface area contributed by atoms with E-state index in [4.69, 9.17) is 16.0 Å². The van der Waals surface area contributed by atoms with Gasteiger partial charge in [-0.2, -0.15) is 0 Å². The standard InChI is InChI=1S/C13H14ClNO2/c14-13-7-6-11(17-13)8-15-12(9-16)10-4-2-1-3-5-10/h1-7,12,15-16H,8-9H2. The molecule has 0 aliphatic heterocycles. The summed E-state index contributed by atoms with van der Waals surface area (Å²) >= 11 is 5.68. The van der Waals surface area contributed by atoms with Crippen molar-refractivity contribution in [2.45, 2.75) is 12.6 Å². The molecule has 0 spiro atoms. The van der Waals surface area contributed by atoms with Crippen molar-refractivity contribution in [3.63, 3.8) is 0 Å². The van der Waals surface area contributed by atoms with Crippen LogP contribution in [0.4, 0.5) is 0 Å². The molecule has 1 aromatic carbocycles. The van der Waals surface area contributed by atoms with Gasteiger partial charge in [0.2, 0.25) is 0 Å². The average Bonchev–Trinajstić information content (AvgIpc) is 2.77. The lowest BCUT2D eigenvalue weighted by Gasteiger charge is -2.15. The third-order valence-corrected chi connectivity index (χ3v) is 2.74. The zero-order valence-electron chi connectivity index (χ0n) is 9.27. The highest BCUT2D eigenvalue weighted by molar-refractivity contribution is 6.28. The van der Waals surface area contributed by atoms with Crippen LogP contribution >= 0.6 is 11.6 Å². The van der Waals surface area contributed by atoms with Crippen LogP contribution in [0.5, 0.6) is 0 Å². The van der Waals surface area contributed by atoms with Crippen LogP contribution in [0.2, 0.25) is 5.22 Å². The number of aliphatic hydroxyl groups excluding tert-OH is 1. The zero-order valence-corrected chi connectivity index (χ0v) is 10.0. The number of hydrogen-bond acceptors (Lipinski definition) is 3. The zero-order chi connectivity index (χ0) is 12.1. The van der Waals surface area contributed by atoms with Gasteiger partial charge in [0.25, 0.3) is 0 Å². The molecule has 0 saturated carbocycles. The highest BCUT2D eigenvalue weighted by Gasteiger charge is 2.10. The molecule has 1 unspecified atom stereocenters. The summed E-state index contributed by atoms with van der Waals surface area (Å²) in [5.74, 6) is 0.754. The first kappa shape index (κ1) is 12.2. The number of benzene rings is 1. The maximum Gasteiger partial charge on any atom is 0.193 e. The molecule has 3 nitrogen and oxygen atoms in total. The lowest BCUT2D eigenvalue weighted by atomic mass is 10.1. The fraction of sp³-hybridized carbons (Fsp3) is 0.231. The fourth-order valence-electron chi connectivity index (χ4n) is 1.64. The predicted molar refractivity (Wildman–Crippen MR) is 66.8 cm³/mol. The highest BCUT2D eigenvalue weighted by atomic mass is 35.5. The van der Waals surface area contributed by atoms with Crippen molar-refractivity contribution in [1.29, 1.82) is 0 Å². The summed E-state index contributed by atoms with van der Waals surface area (Å²) in [7, 11) is 0. The van der Waals surface area contributed by atoms with E-state index in [-0.39, 0.29) is 12.6 Å². The summed E-state index contributed by atoms with van der Waals surface area (Å²) in [4.78, 5) is 0. The lowest BCUT2D eigenvalue weighted by Crippen LogP contribution is -2.23. The monoisotopic (exact) mass is 251 g/mol. The van der Waals surface area contributed by atoms with Crippen molar-refractivity contribution in [3.05, 3.63) is 59.0 Å². The first-order valence-electron chi connectivity index (χ1n) is 5.43. The van der Waals surface area contributed by atoms with Crippen LogP contribution in [0, 0.1) is 0 Å². The van der Waals surface area contributed by atoms with Gasteiger partial charge in [-0.3, -0.25) is 0 Å². The molecule has 0 radical (unpaired) electrons. The average molecular weight is 252 g/mol. The minimum absolute atomic E-state index is 0.0401. The maximum atomic E-state index is 9.34. The van der Waals surface area contributed by atoms with Gasteiger partial charge in [0.1, 0.15) is 5.76 Å². The number of rotatable bonds is 5. The largest absolute Gasteiger partial charge is 0.448 e. The van der Waals surface area contributed by atoms with Gasteiger partial charge in [0.15, 0.2) is 5.22 Å². The van der Waals surface area contributed by atoms with Crippen LogP contribution in [-0.4, -0.2) is 11.7 Å². The Hall–Kier alpha value is -1.29. The molecule has 2 aromatic rings. The van der Waals surface area contributed by atoms with E-state index in [9.17, 15) is 5.11 Å². The molecule has 0 fully saturated rings. The summed E-state index contributed by atoms with van der Waals surface area (Å²) in [6, 6.07) is 13.2. The summed E-state index contributed by atoms with van der Waals surface area (Å²) in [5, 5.41) is 12.9. The molecule has 90 valence electrons. The summed E-state index contributed by atoms with van der Waals surface area (Å²) in [5.41, 5.74) is 1.05. The molecule has 2 N–H and O–H groups in total. The Balaban J connectivity index is 1.97. The van der Waals surface area contributed by atoms with Gasteiger partial charge >= 0.3 is 0 Å². The lowest BCUT2D eigenvalue weighted by molar-refractivity contribution is 0.241. The molecule has 0 bridgehead atoms. The maximum absolute atomic E-state index is 9.34. The van der Waals surface area contributed by atoms with Gasteiger partial charge in [-0.1, -0.05) is 30.3 Å². The molecular formula is C13H14ClNO2. The van der Waals surface area contributed by atoms with Crippen LogP contribution in [0.25, 0.3) is 0 Å². The van der Waals surface area contributed by atoms with Crippen LogP contribution in [0.15, 0.2) is 46.9 Å².